The first-order chi connectivity index (χ1) is 5.86. The number of nitrogens with zero attached hydrogens (tertiary/aromatic N) is 1. The molecule has 0 aliphatic heterocycles. The van der Waals surface area contributed by atoms with Crippen LogP contribution < -0.4 is 5.32 Å². The van der Waals surface area contributed by atoms with Crippen molar-refractivity contribution >= 4 is 0 Å². The highest BCUT2D eigenvalue weighted by Gasteiger charge is 2.20. The quantitative estimate of drug-likeness (QED) is 0.714. The molecule has 0 amide bonds. The highest BCUT2D eigenvalue weighted by Crippen LogP contribution is 2.27. The number of aryl methyl sites for hydroxylation is 1. The number of nitrogens with one attached hydrogen (secondary N) is 1. The van der Waals surface area contributed by atoms with E-state index in [0.717, 1.165) is 12.5 Å². The minimum atomic E-state index is 0.977. The van der Waals surface area contributed by atoms with Gasteiger partial charge in [0.2, 0.25) is 0 Å². The van der Waals surface area contributed by atoms with E-state index >= 15 is 0 Å². The summed E-state index contributed by atoms with van der Waals surface area (Å²) in [7, 11) is 2.09. The van der Waals surface area contributed by atoms with Crippen molar-refractivity contribution in [3.05, 3.63) is 24.0 Å². The first kappa shape index (κ1) is 7.87. The van der Waals surface area contributed by atoms with Gasteiger partial charge in [-0.1, -0.05) is 0 Å². The molecule has 0 aromatic carbocycles. The van der Waals surface area contributed by atoms with Crippen LogP contribution in [0.2, 0.25) is 0 Å². The summed E-state index contributed by atoms with van der Waals surface area (Å²) in [5.41, 5.74) is 1.37. The van der Waals surface area contributed by atoms with Crippen LogP contribution in [0.5, 0.6) is 0 Å². The van der Waals surface area contributed by atoms with Gasteiger partial charge in [0.05, 0.1) is 0 Å². The van der Waals surface area contributed by atoms with Gasteiger partial charge in [-0.3, -0.25) is 0 Å². The van der Waals surface area contributed by atoms with Gasteiger partial charge in [0.1, 0.15) is 0 Å². The molecule has 1 saturated carbocycles. The Balaban J connectivity index is 1.75. The van der Waals surface area contributed by atoms with Crippen molar-refractivity contribution in [1.82, 2.24) is 9.88 Å². The summed E-state index contributed by atoms with van der Waals surface area (Å²) in [5, 5.41) is 3.47. The molecule has 1 N–H and O–H groups in total. The fraction of sp³-hybridized carbons (Fsp3) is 0.600. The van der Waals surface area contributed by atoms with E-state index in [1.807, 2.05) is 0 Å². The molecule has 0 saturated heterocycles. The fourth-order valence-corrected chi connectivity index (χ4v) is 1.41. The van der Waals surface area contributed by atoms with Crippen molar-refractivity contribution in [2.24, 2.45) is 13.0 Å². The molecule has 12 heavy (non-hydrogen) atoms. The largest absolute Gasteiger partial charge is 0.353 e. The Hall–Kier alpha value is -0.760. The highest BCUT2D eigenvalue weighted by molar-refractivity contribution is 5.05. The molecule has 0 unspecified atom stereocenters. The second-order valence-electron chi connectivity index (χ2n) is 3.68. The first-order valence-corrected chi connectivity index (χ1v) is 4.67. The standard InChI is InChI=1S/C10H16N2/c1-12-6-2-3-10(12)8-11-7-9-4-5-9/h2-3,6,9,11H,4-5,7-8H2,1H3. The van der Waals surface area contributed by atoms with Crippen LogP contribution in [0, 0.1) is 5.92 Å². The maximum atomic E-state index is 3.47. The average Bonchev–Trinajstić information content (AvgIpc) is 2.78. The Morgan fingerprint density at radius 1 is 1.58 bits per heavy atom. The lowest BCUT2D eigenvalue weighted by Gasteiger charge is -2.04. The van der Waals surface area contributed by atoms with Gasteiger partial charge in [0, 0.05) is 25.5 Å². The molecule has 1 heterocycles. The van der Waals surface area contributed by atoms with Crippen LogP contribution in [-0.4, -0.2) is 11.1 Å². The van der Waals surface area contributed by atoms with E-state index < -0.39 is 0 Å². The third-order valence-corrected chi connectivity index (χ3v) is 2.49. The predicted octanol–water partition coefficient (Wildman–Crippen LogP) is 1.52. The zero-order valence-corrected chi connectivity index (χ0v) is 7.59. The summed E-state index contributed by atoms with van der Waals surface area (Å²) >= 11 is 0. The predicted molar refractivity (Wildman–Crippen MR) is 49.8 cm³/mol. The number of rotatable bonds is 4. The van der Waals surface area contributed by atoms with Gasteiger partial charge in [-0.25, -0.2) is 0 Å². The van der Waals surface area contributed by atoms with Gasteiger partial charge in [0.25, 0.3) is 0 Å². The number of hydrogen-bond acceptors (Lipinski definition) is 1. The van der Waals surface area contributed by atoms with E-state index in [1.54, 1.807) is 0 Å². The third kappa shape index (κ3) is 1.89. The minimum Gasteiger partial charge on any atom is -0.353 e. The Kier molecular flexibility index (Phi) is 2.17. The zero-order valence-electron chi connectivity index (χ0n) is 7.59. The van der Waals surface area contributed by atoms with E-state index in [2.05, 4.69) is 35.3 Å². The van der Waals surface area contributed by atoms with Crippen molar-refractivity contribution in [3.63, 3.8) is 0 Å². The maximum Gasteiger partial charge on any atom is 0.0359 e. The lowest BCUT2D eigenvalue weighted by molar-refractivity contribution is 0.616. The second-order valence-corrected chi connectivity index (χ2v) is 3.68. The van der Waals surface area contributed by atoms with Crippen LogP contribution in [0.25, 0.3) is 0 Å². The monoisotopic (exact) mass is 164 g/mol. The molecule has 1 fully saturated rings. The molecule has 2 heteroatoms. The summed E-state index contributed by atoms with van der Waals surface area (Å²) in [4.78, 5) is 0. The Morgan fingerprint density at radius 2 is 2.42 bits per heavy atom. The fourth-order valence-electron chi connectivity index (χ4n) is 1.41. The molecular weight excluding hydrogens is 148 g/mol. The molecule has 0 spiro atoms. The second kappa shape index (κ2) is 3.31. The molecule has 1 aliphatic carbocycles. The van der Waals surface area contributed by atoms with Crippen molar-refractivity contribution in [2.45, 2.75) is 19.4 Å². The summed E-state index contributed by atoms with van der Waals surface area (Å²) in [6.07, 6.45) is 4.95. The van der Waals surface area contributed by atoms with Crippen molar-refractivity contribution in [1.29, 1.82) is 0 Å². The van der Waals surface area contributed by atoms with Crippen LogP contribution in [0.1, 0.15) is 18.5 Å². The van der Waals surface area contributed by atoms with Gasteiger partial charge < -0.3 is 9.88 Å². The highest BCUT2D eigenvalue weighted by atomic mass is 15.0. The maximum absolute atomic E-state index is 3.47. The van der Waals surface area contributed by atoms with Crippen LogP contribution >= 0.6 is 0 Å². The Bertz CT molecular complexity index is 248. The van der Waals surface area contributed by atoms with Crippen molar-refractivity contribution in [2.75, 3.05) is 6.54 Å². The SMILES string of the molecule is Cn1cccc1CNCC1CC1. The van der Waals surface area contributed by atoms with Crippen LogP contribution in [0.3, 0.4) is 0 Å². The molecule has 1 aromatic heterocycles. The molecule has 0 bridgehead atoms. The summed E-state index contributed by atoms with van der Waals surface area (Å²) < 4.78 is 2.17. The van der Waals surface area contributed by atoms with Crippen LogP contribution in [0.4, 0.5) is 0 Å². The topological polar surface area (TPSA) is 17.0 Å². The zero-order chi connectivity index (χ0) is 8.39. The minimum absolute atomic E-state index is 0.977. The number of hydrogen-bond donors (Lipinski definition) is 1. The molecule has 66 valence electrons. The molecule has 2 nitrogen and oxygen atoms in total. The van der Waals surface area contributed by atoms with Crippen LogP contribution in [-0.2, 0) is 13.6 Å². The Labute approximate surface area is 73.6 Å². The first-order valence-electron chi connectivity index (χ1n) is 4.67. The van der Waals surface area contributed by atoms with Gasteiger partial charge >= 0.3 is 0 Å². The third-order valence-electron chi connectivity index (χ3n) is 2.49. The normalized spacial score (nSPS) is 16.8. The van der Waals surface area contributed by atoms with E-state index in [-0.39, 0.29) is 0 Å². The summed E-state index contributed by atoms with van der Waals surface area (Å²) in [6.45, 7) is 2.21. The smallest absolute Gasteiger partial charge is 0.0359 e. The molecule has 0 radical (unpaired) electrons. The van der Waals surface area contributed by atoms with Gasteiger partial charge in [0.15, 0.2) is 0 Å². The molecular formula is C10H16N2. The average molecular weight is 164 g/mol. The van der Waals surface area contributed by atoms with Crippen molar-refractivity contribution < 1.29 is 0 Å². The molecule has 0 atom stereocenters. The van der Waals surface area contributed by atoms with E-state index in [0.29, 0.717) is 0 Å². The number of aromatic nitrogens is 1. The van der Waals surface area contributed by atoms with Gasteiger partial charge in [-0.05, 0) is 37.4 Å². The Morgan fingerprint density at radius 3 is 3.00 bits per heavy atom. The lowest BCUT2D eigenvalue weighted by Crippen LogP contribution is -2.17. The lowest BCUT2D eigenvalue weighted by atomic mass is 10.4. The molecule has 2 rings (SSSR count). The van der Waals surface area contributed by atoms with Gasteiger partial charge in [-0.2, -0.15) is 0 Å². The summed E-state index contributed by atoms with van der Waals surface area (Å²) in [6, 6.07) is 4.26. The van der Waals surface area contributed by atoms with E-state index in [4.69, 9.17) is 0 Å². The van der Waals surface area contributed by atoms with E-state index in [1.165, 1.54) is 25.1 Å². The van der Waals surface area contributed by atoms with Crippen molar-refractivity contribution in [3.8, 4) is 0 Å². The molecule has 1 aliphatic rings. The van der Waals surface area contributed by atoms with Crippen LogP contribution in [0.15, 0.2) is 18.3 Å². The molecule has 1 aromatic rings. The van der Waals surface area contributed by atoms with Gasteiger partial charge in [-0.15, -0.1) is 0 Å². The summed E-state index contributed by atoms with van der Waals surface area (Å²) in [5.74, 6) is 0.977. The van der Waals surface area contributed by atoms with E-state index in [9.17, 15) is 0 Å².